The quantitative estimate of drug-likeness (QED) is 0.820. The van der Waals surface area contributed by atoms with E-state index >= 15 is 0 Å². The van der Waals surface area contributed by atoms with Crippen molar-refractivity contribution in [2.24, 2.45) is 0 Å². The Labute approximate surface area is 108 Å². The Balaban J connectivity index is 0.00000112. The van der Waals surface area contributed by atoms with E-state index in [1.165, 1.54) is 0 Å². The zero-order valence-corrected chi connectivity index (χ0v) is 11.8. The summed E-state index contributed by atoms with van der Waals surface area (Å²) >= 11 is 3.35. The van der Waals surface area contributed by atoms with Crippen molar-refractivity contribution in [3.05, 3.63) is 46.4 Å². The fourth-order valence-corrected chi connectivity index (χ4v) is 2.07. The zero-order valence-electron chi connectivity index (χ0n) is 7.77. The Morgan fingerprint density at radius 1 is 1.13 bits per heavy atom. The van der Waals surface area contributed by atoms with Crippen LogP contribution in [0.2, 0.25) is 0 Å². The first-order chi connectivity index (χ1) is 6.70. The average Bonchev–Trinajstić information content (AvgIpc) is 2.17. The van der Waals surface area contributed by atoms with Gasteiger partial charge in [0.15, 0.2) is 0 Å². The first-order valence-electron chi connectivity index (χ1n) is 4.10. The molecule has 0 unspecified atom stereocenters. The van der Waals surface area contributed by atoms with Crippen LogP contribution in [0.25, 0.3) is 10.8 Å². The van der Waals surface area contributed by atoms with E-state index in [1.54, 1.807) is 12.1 Å². The number of carbonyl (C=O) groups is 1. The number of carboxylic acid groups (broad SMARTS) is 1. The Kier molecular flexibility index (Phi) is 4.01. The molecule has 0 saturated carbocycles. The molecule has 2 aromatic rings. The normalized spacial score (nSPS) is 9.67. The van der Waals surface area contributed by atoms with Crippen molar-refractivity contribution in [2.45, 2.75) is 0 Å². The second-order valence-electron chi connectivity index (χ2n) is 2.95. The van der Waals surface area contributed by atoms with Crippen molar-refractivity contribution < 1.29 is 9.90 Å². The minimum absolute atomic E-state index is 0. The molecule has 73 valence electrons. The zero-order chi connectivity index (χ0) is 10.1. The van der Waals surface area contributed by atoms with Gasteiger partial charge in [0, 0.05) is 29.6 Å². The summed E-state index contributed by atoms with van der Waals surface area (Å²) in [5.41, 5.74) is 0.329. The summed E-state index contributed by atoms with van der Waals surface area (Å²) in [5.74, 6) is -0.900. The van der Waals surface area contributed by atoms with E-state index < -0.39 is 5.97 Å². The van der Waals surface area contributed by atoms with Gasteiger partial charge in [-0.1, -0.05) is 40.2 Å². The molecule has 2 nitrogen and oxygen atoms in total. The Bertz CT molecular complexity index is 506. The molecule has 0 fully saturated rings. The van der Waals surface area contributed by atoms with Crippen molar-refractivity contribution in [3.63, 3.8) is 0 Å². The Morgan fingerprint density at radius 2 is 1.73 bits per heavy atom. The van der Waals surface area contributed by atoms with E-state index in [4.69, 9.17) is 5.11 Å². The molecule has 0 aliphatic carbocycles. The second kappa shape index (κ2) is 4.87. The van der Waals surface area contributed by atoms with Crippen molar-refractivity contribution in [3.8, 4) is 0 Å². The smallest absolute Gasteiger partial charge is 0.336 e. The van der Waals surface area contributed by atoms with E-state index in [9.17, 15) is 4.79 Å². The molecule has 3 radical (unpaired) electrons. The summed E-state index contributed by atoms with van der Waals surface area (Å²) in [6.45, 7) is 0. The molecule has 0 aliphatic rings. The van der Waals surface area contributed by atoms with Gasteiger partial charge in [-0.3, -0.25) is 0 Å². The van der Waals surface area contributed by atoms with Crippen LogP contribution in [0.15, 0.2) is 40.9 Å². The molecule has 15 heavy (non-hydrogen) atoms. The van der Waals surface area contributed by atoms with Gasteiger partial charge in [-0.2, -0.15) is 0 Å². The fourth-order valence-electron chi connectivity index (χ4n) is 1.47. The van der Waals surface area contributed by atoms with Gasteiger partial charge in [0.2, 0.25) is 0 Å². The van der Waals surface area contributed by atoms with E-state index in [2.05, 4.69) is 15.9 Å². The Hall–Kier alpha value is -0.714. The van der Waals surface area contributed by atoms with Gasteiger partial charge in [-0.25, -0.2) is 4.79 Å². The maximum absolute atomic E-state index is 10.9. The first kappa shape index (κ1) is 12.4. The van der Waals surface area contributed by atoms with Gasteiger partial charge in [0.1, 0.15) is 0 Å². The largest absolute Gasteiger partial charge is 0.478 e. The predicted octanol–water partition coefficient (Wildman–Crippen LogP) is 2.92. The monoisotopic (exact) mass is 319 g/mol. The number of halogens is 1. The summed E-state index contributed by atoms with van der Waals surface area (Å²) in [6.07, 6.45) is 0. The van der Waals surface area contributed by atoms with Crippen LogP contribution >= 0.6 is 15.9 Å². The maximum Gasteiger partial charge on any atom is 0.336 e. The Morgan fingerprint density at radius 3 is 2.33 bits per heavy atom. The standard InChI is InChI=1S/C11H7BrO2.Ga/c12-9-6-2-4-7-3-1-5-8(10(7)9)11(13)14;/h1-6H,(H,13,14);. The second-order valence-corrected chi connectivity index (χ2v) is 3.80. The van der Waals surface area contributed by atoms with Crippen molar-refractivity contribution in [2.75, 3.05) is 0 Å². The van der Waals surface area contributed by atoms with E-state index in [0.717, 1.165) is 15.2 Å². The van der Waals surface area contributed by atoms with E-state index in [1.807, 2.05) is 24.3 Å². The van der Waals surface area contributed by atoms with Gasteiger partial charge < -0.3 is 5.11 Å². The topological polar surface area (TPSA) is 37.3 Å². The number of carboxylic acids is 1. The fraction of sp³-hybridized carbons (Fsp3) is 0. The average molecular weight is 321 g/mol. The molecule has 0 bridgehead atoms. The van der Waals surface area contributed by atoms with Crippen molar-refractivity contribution >= 4 is 52.5 Å². The molecule has 0 heterocycles. The molecular weight excluding hydrogens is 314 g/mol. The minimum Gasteiger partial charge on any atom is -0.478 e. The van der Waals surface area contributed by atoms with Gasteiger partial charge in [0.05, 0.1) is 5.56 Å². The van der Waals surface area contributed by atoms with Crippen molar-refractivity contribution in [1.29, 1.82) is 0 Å². The third kappa shape index (κ3) is 2.27. The minimum atomic E-state index is -0.900. The first-order valence-corrected chi connectivity index (χ1v) is 4.90. The molecule has 0 aliphatic heterocycles. The van der Waals surface area contributed by atoms with Crippen LogP contribution in [-0.2, 0) is 0 Å². The molecule has 0 atom stereocenters. The van der Waals surface area contributed by atoms with Crippen LogP contribution in [0.4, 0.5) is 0 Å². The maximum atomic E-state index is 10.9. The number of fused-ring (bicyclic) bond motifs is 1. The molecular formula is C11H7BrGaO2. The van der Waals surface area contributed by atoms with Crippen molar-refractivity contribution in [1.82, 2.24) is 0 Å². The molecule has 0 saturated heterocycles. The summed E-state index contributed by atoms with van der Waals surface area (Å²) in [4.78, 5) is 10.9. The number of aromatic carboxylic acids is 1. The van der Waals surface area contributed by atoms with Crippen LogP contribution in [-0.4, -0.2) is 30.9 Å². The van der Waals surface area contributed by atoms with Gasteiger partial charge in [-0.05, 0) is 17.5 Å². The van der Waals surface area contributed by atoms with Gasteiger partial charge in [-0.15, -0.1) is 0 Å². The van der Waals surface area contributed by atoms with Crippen LogP contribution in [0, 0.1) is 0 Å². The number of rotatable bonds is 1. The summed E-state index contributed by atoms with van der Waals surface area (Å²) in [5, 5.41) is 10.7. The van der Waals surface area contributed by atoms with Crippen LogP contribution in [0.1, 0.15) is 10.4 Å². The molecule has 4 heteroatoms. The molecule has 1 N–H and O–H groups in total. The SMILES string of the molecule is O=C(O)c1cccc2cccc(Br)c12.[Ga]. The summed E-state index contributed by atoms with van der Waals surface area (Å²) in [7, 11) is 0. The third-order valence-electron chi connectivity index (χ3n) is 2.08. The van der Waals surface area contributed by atoms with Gasteiger partial charge in [0.25, 0.3) is 0 Å². The number of hydrogen-bond acceptors (Lipinski definition) is 1. The molecule has 0 aromatic heterocycles. The summed E-state index contributed by atoms with van der Waals surface area (Å²) < 4.78 is 0.813. The number of hydrogen-bond donors (Lipinski definition) is 1. The van der Waals surface area contributed by atoms with Crippen LogP contribution < -0.4 is 0 Å². The number of benzene rings is 2. The third-order valence-corrected chi connectivity index (χ3v) is 2.75. The molecule has 0 spiro atoms. The van der Waals surface area contributed by atoms with Crippen LogP contribution in [0.3, 0.4) is 0 Å². The van der Waals surface area contributed by atoms with E-state index in [-0.39, 0.29) is 19.8 Å². The summed E-state index contributed by atoms with van der Waals surface area (Å²) in [6, 6.07) is 10.9. The van der Waals surface area contributed by atoms with Crippen LogP contribution in [0.5, 0.6) is 0 Å². The molecule has 2 rings (SSSR count). The van der Waals surface area contributed by atoms with E-state index in [0.29, 0.717) is 5.56 Å². The van der Waals surface area contributed by atoms with Gasteiger partial charge >= 0.3 is 5.97 Å². The predicted molar refractivity (Wildman–Crippen MR) is 64.4 cm³/mol. The molecule has 0 amide bonds. The molecule has 2 aromatic carbocycles.